The number of aromatic nitrogens is 2. The van der Waals surface area contributed by atoms with Crippen molar-refractivity contribution in [1.29, 1.82) is 0 Å². The van der Waals surface area contributed by atoms with Crippen molar-refractivity contribution in [3.05, 3.63) is 137 Å². The summed E-state index contributed by atoms with van der Waals surface area (Å²) in [4.78, 5) is 0. The van der Waals surface area contributed by atoms with E-state index in [0.717, 1.165) is 23.7 Å². The largest absolute Gasteiger partial charge is 0.316 e. The van der Waals surface area contributed by atoms with Crippen molar-refractivity contribution in [2.24, 2.45) is 0 Å². The first-order valence-electron chi connectivity index (χ1n) is 13.6. The number of rotatable bonds is 4. The summed E-state index contributed by atoms with van der Waals surface area (Å²) in [7, 11) is 2.00. The monoisotopic (exact) mass is 495 g/mol. The van der Waals surface area contributed by atoms with Crippen molar-refractivity contribution < 1.29 is 0 Å². The van der Waals surface area contributed by atoms with E-state index in [2.05, 4.69) is 82.3 Å². The first-order chi connectivity index (χ1) is 18.8. The Morgan fingerprint density at radius 1 is 0.711 bits per heavy atom. The molecule has 5 aromatic rings. The van der Waals surface area contributed by atoms with Crippen molar-refractivity contribution in [3.8, 4) is 0 Å². The van der Waals surface area contributed by atoms with Gasteiger partial charge in [-0.3, -0.25) is 0 Å². The molecule has 0 aliphatic heterocycles. The zero-order chi connectivity index (χ0) is 25.7. The zero-order valence-electron chi connectivity index (χ0n) is 22.0. The van der Waals surface area contributed by atoms with Gasteiger partial charge in [0.15, 0.2) is 0 Å². The Kier molecular flexibility index (Phi) is 7.10. The van der Waals surface area contributed by atoms with Crippen LogP contribution in [0.2, 0.25) is 0 Å². The Balaban J connectivity index is 0.000000221. The minimum Gasteiger partial charge on any atom is -0.316 e. The minimum absolute atomic E-state index is 0.924. The van der Waals surface area contributed by atoms with Crippen LogP contribution in [0.25, 0.3) is 27.1 Å². The van der Waals surface area contributed by atoms with Gasteiger partial charge in [0.05, 0.1) is 12.4 Å². The zero-order valence-corrected chi connectivity index (χ0v) is 22.0. The fraction of sp³-hybridized carbons (Fsp3) is 0.200. The maximum Gasteiger partial charge on any atom is 0.0574 e. The van der Waals surface area contributed by atoms with Gasteiger partial charge in [-0.1, -0.05) is 96.6 Å². The molecule has 1 heterocycles. The highest BCUT2D eigenvalue weighted by atomic mass is 15.1. The Hall–Kier alpha value is -4.08. The van der Waals surface area contributed by atoms with Crippen LogP contribution in [0.15, 0.2) is 109 Å². The van der Waals surface area contributed by atoms with Crippen molar-refractivity contribution in [1.82, 2.24) is 15.5 Å². The van der Waals surface area contributed by atoms with Gasteiger partial charge in [0.2, 0.25) is 0 Å². The molecule has 4 aromatic carbocycles. The van der Waals surface area contributed by atoms with Gasteiger partial charge in [-0.05, 0) is 83.3 Å². The van der Waals surface area contributed by atoms with Crippen molar-refractivity contribution >= 4 is 27.1 Å². The molecule has 0 spiro atoms. The second kappa shape index (κ2) is 11.1. The molecule has 0 atom stereocenters. The number of hydrogen-bond acceptors (Lipinski definition) is 3. The lowest BCUT2D eigenvalue weighted by atomic mass is 9.78. The molecule has 7 rings (SSSR count). The smallest absolute Gasteiger partial charge is 0.0574 e. The Morgan fingerprint density at radius 3 is 2.21 bits per heavy atom. The molecule has 188 valence electrons. The first-order valence-corrected chi connectivity index (χ1v) is 13.6. The second-order valence-corrected chi connectivity index (χ2v) is 10.2. The van der Waals surface area contributed by atoms with Gasteiger partial charge < -0.3 is 5.32 Å². The van der Waals surface area contributed by atoms with Gasteiger partial charge in [-0.15, -0.1) is 0 Å². The molecule has 3 heteroatoms. The van der Waals surface area contributed by atoms with E-state index in [4.69, 9.17) is 0 Å². The lowest BCUT2D eigenvalue weighted by Gasteiger charge is -2.26. The fourth-order valence-corrected chi connectivity index (χ4v) is 5.86. The molecule has 0 saturated carbocycles. The number of hydrogen-bond donors (Lipinski definition) is 1. The van der Waals surface area contributed by atoms with E-state index < -0.39 is 0 Å². The fourth-order valence-electron chi connectivity index (χ4n) is 5.86. The maximum absolute atomic E-state index is 3.76. The number of benzene rings is 4. The second-order valence-electron chi connectivity index (χ2n) is 10.2. The maximum atomic E-state index is 3.76. The van der Waals surface area contributed by atoms with Crippen LogP contribution in [-0.4, -0.2) is 17.2 Å². The summed E-state index contributed by atoms with van der Waals surface area (Å²) in [5, 5.41) is 15.9. The summed E-state index contributed by atoms with van der Waals surface area (Å²) in [5.41, 5.74) is 10.4. The Morgan fingerprint density at radius 2 is 1.45 bits per heavy atom. The molecule has 0 unspecified atom stereocenters. The van der Waals surface area contributed by atoms with Crippen LogP contribution in [0.1, 0.15) is 47.1 Å². The number of nitrogens with one attached hydrogen (secondary N) is 1. The normalized spacial score (nSPS) is 14.1. The van der Waals surface area contributed by atoms with Gasteiger partial charge >= 0.3 is 0 Å². The Bertz CT molecular complexity index is 1580. The van der Waals surface area contributed by atoms with E-state index in [1.165, 1.54) is 64.3 Å². The molecule has 0 fully saturated rings. The molecule has 0 radical (unpaired) electrons. The van der Waals surface area contributed by atoms with E-state index in [9.17, 15) is 0 Å². The van der Waals surface area contributed by atoms with E-state index in [1.54, 1.807) is 23.5 Å². The van der Waals surface area contributed by atoms with Crippen LogP contribution in [0.3, 0.4) is 0 Å². The summed E-state index contributed by atoms with van der Waals surface area (Å²) < 4.78 is 0. The van der Waals surface area contributed by atoms with E-state index in [1.807, 2.05) is 31.3 Å². The van der Waals surface area contributed by atoms with Crippen LogP contribution >= 0.6 is 0 Å². The highest BCUT2D eigenvalue weighted by Gasteiger charge is 2.21. The highest BCUT2D eigenvalue weighted by Crippen LogP contribution is 2.41. The summed E-state index contributed by atoms with van der Waals surface area (Å²) in [6, 6.07) is 28.6. The predicted octanol–water partition coefficient (Wildman–Crippen LogP) is 7.83. The molecule has 0 amide bonds. The van der Waals surface area contributed by atoms with Crippen LogP contribution < -0.4 is 5.32 Å². The minimum atomic E-state index is 0.924. The van der Waals surface area contributed by atoms with Crippen molar-refractivity contribution in [2.75, 3.05) is 7.05 Å². The Labute approximate surface area is 224 Å². The molecule has 38 heavy (non-hydrogen) atoms. The van der Waals surface area contributed by atoms with Gasteiger partial charge in [0.25, 0.3) is 0 Å². The molecule has 2 aliphatic carbocycles. The molecule has 0 saturated heterocycles. The highest BCUT2D eigenvalue weighted by molar-refractivity contribution is 5.96. The number of aryl methyl sites for hydroxylation is 1. The first kappa shape index (κ1) is 24.3. The number of nitrogens with zero attached hydrogens (tertiary/aromatic N) is 2. The predicted molar refractivity (Wildman–Crippen MR) is 159 cm³/mol. The summed E-state index contributed by atoms with van der Waals surface area (Å²) in [5.74, 6) is 0. The van der Waals surface area contributed by atoms with E-state index in [0.29, 0.717) is 0 Å². The third kappa shape index (κ3) is 5.03. The lowest BCUT2D eigenvalue weighted by molar-refractivity contribution is 0.817. The van der Waals surface area contributed by atoms with Crippen LogP contribution in [0, 0.1) is 0 Å². The van der Waals surface area contributed by atoms with Crippen LogP contribution in [-0.2, 0) is 19.4 Å². The van der Waals surface area contributed by atoms with Gasteiger partial charge in [0, 0.05) is 17.3 Å². The lowest BCUT2D eigenvalue weighted by Crippen LogP contribution is -2.08. The number of fused-ring (bicyclic) bond motifs is 5. The van der Waals surface area contributed by atoms with Gasteiger partial charge in [-0.2, -0.15) is 10.2 Å². The molecular weight excluding hydrogens is 462 g/mol. The quantitative estimate of drug-likeness (QED) is 0.276. The van der Waals surface area contributed by atoms with Crippen molar-refractivity contribution in [2.45, 2.75) is 38.6 Å². The van der Waals surface area contributed by atoms with Crippen LogP contribution in [0.5, 0.6) is 0 Å². The SMILES string of the molecule is CNCc1ccc(Cc2cccc3ccc4c(c23)CCC2=C4C=CCC2)cc1.c1ccc2cnncc2c1. The molecule has 1 N–H and O–H groups in total. The average Bonchev–Trinajstić information content (AvgIpc) is 2.98. The van der Waals surface area contributed by atoms with Gasteiger partial charge in [-0.25, -0.2) is 0 Å². The topological polar surface area (TPSA) is 37.8 Å². The summed E-state index contributed by atoms with van der Waals surface area (Å²) >= 11 is 0. The van der Waals surface area contributed by atoms with E-state index in [-0.39, 0.29) is 0 Å². The molecule has 2 aliphatic rings. The average molecular weight is 496 g/mol. The van der Waals surface area contributed by atoms with E-state index >= 15 is 0 Å². The molecule has 3 nitrogen and oxygen atoms in total. The molecular formula is C35H33N3. The molecule has 0 bridgehead atoms. The summed E-state index contributed by atoms with van der Waals surface area (Å²) in [6.45, 7) is 0.924. The third-order valence-electron chi connectivity index (χ3n) is 7.74. The standard InChI is InChI=1S/C27H27N.C8H6N2/c1-28-18-20-11-9-19(10-12-20)17-23-7-4-6-22-14-15-25-24-8-3-2-5-21(24)13-16-26(25)27(22)23;1-2-4-8-6-10-9-5-7(8)3-1/h3-4,6-12,14-15,28H,2,5,13,16-18H2,1H3;1-6H. The van der Waals surface area contributed by atoms with Crippen molar-refractivity contribution in [3.63, 3.8) is 0 Å². The third-order valence-corrected chi connectivity index (χ3v) is 7.74. The van der Waals surface area contributed by atoms with Crippen LogP contribution in [0.4, 0.5) is 0 Å². The summed E-state index contributed by atoms with van der Waals surface area (Å²) in [6.07, 6.45) is 14.1. The number of allylic oxidation sites excluding steroid dienone is 4. The molecule has 1 aromatic heterocycles. The van der Waals surface area contributed by atoms with Gasteiger partial charge in [0.1, 0.15) is 0 Å².